The second kappa shape index (κ2) is 8.06. The van der Waals surface area contributed by atoms with Crippen LogP contribution in [0.4, 0.5) is 17.5 Å². The van der Waals surface area contributed by atoms with Crippen LogP contribution in [0.3, 0.4) is 0 Å². The van der Waals surface area contributed by atoms with E-state index in [0.717, 1.165) is 11.4 Å². The molecular weight excluding hydrogens is 348 g/mol. The average molecular weight is 369 g/mol. The third kappa shape index (κ3) is 4.64. The summed E-state index contributed by atoms with van der Waals surface area (Å²) in [5.74, 6) is 1.93. The second-order valence-electron chi connectivity index (χ2n) is 6.03. The molecule has 1 heterocycles. The van der Waals surface area contributed by atoms with Crippen molar-refractivity contribution >= 4 is 29.1 Å². The number of aromatic nitrogens is 2. The molecule has 134 valence electrons. The summed E-state index contributed by atoms with van der Waals surface area (Å²) in [7, 11) is 1.62. The SMILES string of the molecule is COc1ccc(Cl)cc1Nc1cc(C)nc(NCc2ccc(C)cc2)n1. The van der Waals surface area contributed by atoms with Crippen molar-refractivity contribution in [1.82, 2.24) is 9.97 Å². The molecule has 2 aromatic carbocycles. The van der Waals surface area contributed by atoms with Gasteiger partial charge in [-0.1, -0.05) is 41.4 Å². The zero-order valence-electron chi connectivity index (χ0n) is 15.0. The van der Waals surface area contributed by atoms with Crippen LogP contribution in [0.1, 0.15) is 16.8 Å². The minimum atomic E-state index is 0.564. The molecule has 6 heteroatoms. The molecule has 0 saturated heterocycles. The van der Waals surface area contributed by atoms with Crippen LogP contribution in [-0.4, -0.2) is 17.1 Å². The Hall–Kier alpha value is -2.79. The third-order valence-corrected chi connectivity index (χ3v) is 4.08. The van der Waals surface area contributed by atoms with E-state index in [1.807, 2.05) is 19.1 Å². The van der Waals surface area contributed by atoms with Crippen LogP contribution in [0.2, 0.25) is 5.02 Å². The number of aryl methyl sites for hydroxylation is 2. The van der Waals surface area contributed by atoms with Crippen molar-refractivity contribution in [3.05, 3.63) is 70.4 Å². The molecule has 0 spiro atoms. The lowest BCUT2D eigenvalue weighted by Crippen LogP contribution is -2.06. The summed E-state index contributed by atoms with van der Waals surface area (Å²) in [5, 5.41) is 7.14. The summed E-state index contributed by atoms with van der Waals surface area (Å²) in [6, 6.07) is 15.6. The van der Waals surface area contributed by atoms with E-state index in [1.165, 1.54) is 11.1 Å². The van der Waals surface area contributed by atoms with Gasteiger partial charge in [-0.15, -0.1) is 0 Å². The van der Waals surface area contributed by atoms with E-state index >= 15 is 0 Å². The molecule has 0 unspecified atom stereocenters. The summed E-state index contributed by atoms with van der Waals surface area (Å²) in [6.07, 6.45) is 0. The van der Waals surface area contributed by atoms with Crippen LogP contribution in [0.15, 0.2) is 48.5 Å². The van der Waals surface area contributed by atoms with E-state index in [1.54, 1.807) is 19.2 Å². The Kier molecular flexibility index (Phi) is 5.58. The number of methoxy groups -OCH3 is 1. The maximum absolute atomic E-state index is 6.09. The molecule has 0 fully saturated rings. The van der Waals surface area contributed by atoms with Crippen molar-refractivity contribution in [3.63, 3.8) is 0 Å². The number of ether oxygens (including phenoxy) is 1. The zero-order valence-corrected chi connectivity index (χ0v) is 15.8. The van der Waals surface area contributed by atoms with Crippen LogP contribution in [0, 0.1) is 13.8 Å². The Balaban J connectivity index is 1.77. The van der Waals surface area contributed by atoms with Crippen molar-refractivity contribution in [2.75, 3.05) is 17.7 Å². The van der Waals surface area contributed by atoms with Crippen molar-refractivity contribution in [2.24, 2.45) is 0 Å². The molecule has 0 bridgehead atoms. The average Bonchev–Trinajstić information content (AvgIpc) is 2.61. The number of benzene rings is 2. The molecule has 0 aliphatic rings. The van der Waals surface area contributed by atoms with E-state index in [4.69, 9.17) is 16.3 Å². The molecule has 26 heavy (non-hydrogen) atoms. The highest BCUT2D eigenvalue weighted by molar-refractivity contribution is 6.31. The van der Waals surface area contributed by atoms with E-state index in [-0.39, 0.29) is 0 Å². The molecule has 0 radical (unpaired) electrons. The lowest BCUT2D eigenvalue weighted by molar-refractivity contribution is 0.417. The van der Waals surface area contributed by atoms with E-state index in [2.05, 4.69) is 51.8 Å². The molecule has 5 nitrogen and oxygen atoms in total. The van der Waals surface area contributed by atoms with E-state index in [9.17, 15) is 0 Å². The minimum Gasteiger partial charge on any atom is -0.495 e. The summed E-state index contributed by atoms with van der Waals surface area (Å²) < 4.78 is 5.37. The summed E-state index contributed by atoms with van der Waals surface area (Å²) in [4.78, 5) is 8.98. The number of nitrogens with zero attached hydrogens (tertiary/aromatic N) is 2. The molecule has 0 aliphatic carbocycles. The minimum absolute atomic E-state index is 0.564. The number of halogens is 1. The van der Waals surface area contributed by atoms with Gasteiger partial charge in [0.1, 0.15) is 11.6 Å². The maximum Gasteiger partial charge on any atom is 0.225 e. The first-order valence-corrected chi connectivity index (χ1v) is 8.67. The largest absolute Gasteiger partial charge is 0.495 e. The smallest absolute Gasteiger partial charge is 0.225 e. The predicted octanol–water partition coefficient (Wildman–Crippen LogP) is 5.11. The number of nitrogens with one attached hydrogen (secondary N) is 2. The number of rotatable bonds is 6. The van der Waals surface area contributed by atoms with Crippen LogP contribution in [0.25, 0.3) is 0 Å². The topological polar surface area (TPSA) is 59.1 Å². The quantitative estimate of drug-likeness (QED) is 0.633. The lowest BCUT2D eigenvalue weighted by Gasteiger charge is -2.13. The second-order valence-corrected chi connectivity index (χ2v) is 6.46. The van der Waals surface area contributed by atoms with Gasteiger partial charge in [0, 0.05) is 23.3 Å². The number of anilines is 3. The first-order valence-electron chi connectivity index (χ1n) is 8.29. The van der Waals surface area contributed by atoms with Gasteiger partial charge in [-0.25, -0.2) is 4.98 Å². The van der Waals surface area contributed by atoms with E-state index in [0.29, 0.717) is 29.1 Å². The fourth-order valence-electron chi connectivity index (χ4n) is 2.51. The predicted molar refractivity (Wildman–Crippen MR) is 107 cm³/mol. The Labute approximate surface area is 158 Å². The Morgan fingerprint density at radius 2 is 1.77 bits per heavy atom. The first-order chi connectivity index (χ1) is 12.5. The summed E-state index contributed by atoms with van der Waals surface area (Å²) in [6.45, 7) is 4.66. The Morgan fingerprint density at radius 3 is 2.50 bits per heavy atom. The highest BCUT2D eigenvalue weighted by Crippen LogP contribution is 2.30. The molecule has 0 aliphatic heterocycles. The fourth-order valence-corrected chi connectivity index (χ4v) is 2.69. The molecule has 3 aromatic rings. The Bertz CT molecular complexity index is 897. The van der Waals surface area contributed by atoms with Gasteiger partial charge < -0.3 is 15.4 Å². The zero-order chi connectivity index (χ0) is 18.5. The molecule has 0 atom stereocenters. The van der Waals surface area contributed by atoms with Crippen molar-refractivity contribution in [3.8, 4) is 5.75 Å². The van der Waals surface area contributed by atoms with Gasteiger partial charge in [0.2, 0.25) is 5.95 Å². The van der Waals surface area contributed by atoms with Gasteiger partial charge in [-0.2, -0.15) is 4.98 Å². The van der Waals surface area contributed by atoms with Gasteiger partial charge in [-0.3, -0.25) is 0 Å². The molecule has 1 aromatic heterocycles. The summed E-state index contributed by atoms with van der Waals surface area (Å²) >= 11 is 6.09. The molecule has 2 N–H and O–H groups in total. The Morgan fingerprint density at radius 1 is 1.00 bits per heavy atom. The normalized spacial score (nSPS) is 10.5. The third-order valence-electron chi connectivity index (χ3n) is 3.85. The van der Waals surface area contributed by atoms with E-state index < -0.39 is 0 Å². The van der Waals surface area contributed by atoms with Crippen LogP contribution in [-0.2, 0) is 6.54 Å². The van der Waals surface area contributed by atoms with Crippen molar-refractivity contribution < 1.29 is 4.74 Å². The van der Waals surface area contributed by atoms with Crippen LogP contribution < -0.4 is 15.4 Å². The monoisotopic (exact) mass is 368 g/mol. The fraction of sp³-hybridized carbons (Fsp3) is 0.200. The van der Waals surface area contributed by atoms with Crippen LogP contribution in [0.5, 0.6) is 5.75 Å². The lowest BCUT2D eigenvalue weighted by atomic mass is 10.1. The van der Waals surface area contributed by atoms with Crippen molar-refractivity contribution in [1.29, 1.82) is 0 Å². The van der Waals surface area contributed by atoms with Gasteiger partial charge in [0.05, 0.1) is 12.8 Å². The van der Waals surface area contributed by atoms with Gasteiger partial charge >= 0.3 is 0 Å². The van der Waals surface area contributed by atoms with Crippen LogP contribution >= 0.6 is 11.6 Å². The maximum atomic E-state index is 6.09. The molecule has 0 saturated carbocycles. The highest BCUT2D eigenvalue weighted by Gasteiger charge is 2.07. The molecular formula is C20H21ClN4O. The van der Waals surface area contributed by atoms with Gasteiger partial charge in [-0.05, 0) is 37.6 Å². The van der Waals surface area contributed by atoms with Gasteiger partial charge in [0.25, 0.3) is 0 Å². The molecule has 0 amide bonds. The van der Waals surface area contributed by atoms with Crippen molar-refractivity contribution in [2.45, 2.75) is 20.4 Å². The first kappa shape index (κ1) is 18.0. The molecule has 3 rings (SSSR count). The summed E-state index contributed by atoms with van der Waals surface area (Å²) in [5.41, 5.74) is 4.02. The number of hydrogen-bond acceptors (Lipinski definition) is 5. The van der Waals surface area contributed by atoms with Gasteiger partial charge in [0.15, 0.2) is 0 Å². The number of hydrogen-bond donors (Lipinski definition) is 2. The standard InChI is InChI=1S/C20H21ClN4O/c1-13-4-6-15(7-5-13)12-22-20-23-14(2)10-19(25-20)24-17-11-16(21)8-9-18(17)26-3/h4-11H,12H2,1-3H3,(H2,22,23,24,25). The highest BCUT2D eigenvalue weighted by atomic mass is 35.5.